The van der Waals surface area contributed by atoms with E-state index in [1.165, 1.54) is 29.5 Å². The molecule has 1 aliphatic carbocycles. The molecule has 1 fully saturated rings. The van der Waals surface area contributed by atoms with Gasteiger partial charge in [0.25, 0.3) is 0 Å². The largest absolute Gasteiger partial charge is 0.321 e. The van der Waals surface area contributed by atoms with Crippen molar-refractivity contribution in [2.75, 3.05) is 0 Å². The van der Waals surface area contributed by atoms with Crippen LogP contribution < -0.4 is 5.73 Å². The highest BCUT2D eigenvalue weighted by molar-refractivity contribution is 5.38. The minimum Gasteiger partial charge on any atom is -0.321 e. The summed E-state index contributed by atoms with van der Waals surface area (Å²) in [5.41, 5.74) is 10.8. The highest BCUT2D eigenvalue weighted by atomic mass is 14.8. The Balaban J connectivity index is 2.45. The van der Waals surface area contributed by atoms with Crippen LogP contribution in [0.2, 0.25) is 0 Å². The topological polar surface area (TPSA) is 26.0 Å². The molecule has 2 rings (SSSR count). The van der Waals surface area contributed by atoms with Gasteiger partial charge in [-0.2, -0.15) is 0 Å². The van der Waals surface area contributed by atoms with E-state index >= 15 is 0 Å². The van der Waals surface area contributed by atoms with Gasteiger partial charge in [-0.05, 0) is 55.2 Å². The second-order valence-electron chi connectivity index (χ2n) is 6.08. The first-order chi connectivity index (χ1) is 7.95. The molecule has 1 aromatic rings. The van der Waals surface area contributed by atoms with Crippen LogP contribution >= 0.6 is 0 Å². The van der Waals surface area contributed by atoms with Crippen LogP contribution in [-0.4, -0.2) is 0 Å². The number of rotatable bonds is 1. The maximum absolute atomic E-state index is 6.78. The van der Waals surface area contributed by atoms with Crippen LogP contribution in [0.4, 0.5) is 0 Å². The van der Waals surface area contributed by atoms with Gasteiger partial charge < -0.3 is 5.73 Å². The van der Waals surface area contributed by atoms with Crippen LogP contribution in [0, 0.1) is 25.7 Å². The Morgan fingerprint density at radius 1 is 1.18 bits per heavy atom. The van der Waals surface area contributed by atoms with Gasteiger partial charge in [-0.15, -0.1) is 0 Å². The molecule has 3 unspecified atom stereocenters. The molecule has 0 bridgehead atoms. The molecule has 1 saturated carbocycles. The fourth-order valence-electron chi connectivity index (χ4n) is 3.30. The molecule has 3 atom stereocenters. The zero-order valence-corrected chi connectivity index (χ0v) is 11.6. The summed E-state index contributed by atoms with van der Waals surface area (Å²) in [6, 6.07) is 6.56. The SMILES string of the molecule is Cc1cccc(C2(N)CC(C)CCC2C)c1C. The van der Waals surface area contributed by atoms with Crippen molar-refractivity contribution in [3.8, 4) is 0 Å². The molecule has 1 nitrogen and oxygen atoms in total. The summed E-state index contributed by atoms with van der Waals surface area (Å²) in [7, 11) is 0. The van der Waals surface area contributed by atoms with E-state index in [9.17, 15) is 0 Å². The Kier molecular flexibility index (Phi) is 3.31. The van der Waals surface area contributed by atoms with Crippen molar-refractivity contribution in [3.05, 3.63) is 34.9 Å². The summed E-state index contributed by atoms with van der Waals surface area (Å²) in [6.07, 6.45) is 3.70. The van der Waals surface area contributed by atoms with E-state index in [4.69, 9.17) is 5.73 Å². The average molecular weight is 231 g/mol. The second kappa shape index (κ2) is 4.45. The first-order valence-electron chi connectivity index (χ1n) is 6.80. The molecule has 2 N–H and O–H groups in total. The quantitative estimate of drug-likeness (QED) is 0.779. The van der Waals surface area contributed by atoms with Crippen molar-refractivity contribution in [1.82, 2.24) is 0 Å². The van der Waals surface area contributed by atoms with E-state index in [-0.39, 0.29) is 5.54 Å². The van der Waals surface area contributed by atoms with Gasteiger partial charge in [0, 0.05) is 5.54 Å². The highest BCUT2D eigenvalue weighted by Gasteiger charge is 2.39. The summed E-state index contributed by atoms with van der Waals surface area (Å²) in [4.78, 5) is 0. The van der Waals surface area contributed by atoms with Gasteiger partial charge in [-0.1, -0.05) is 38.5 Å². The molecule has 0 aromatic heterocycles. The van der Waals surface area contributed by atoms with Crippen LogP contribution in [0.25, 0.3) is 0 Å². The maximum Gasteiger partial charge on any atom is 0.0440 e. The first-order valence-corrected chi connectivity index (χ1v) is 6.80. The van der Waals surface area contributed by atoms with E-state index in [1.54, 1.807) is 0 Å². The minimum absolute atomic E-state index is 0.117. The van der Waals surface area contributed by atoms with Crippen molar-refractivity contribution in [3.63, 3.8) is 0 Å². The van der Waals surface area contributed by atoms with Crippen molar-refractivity contribution in [1.29, 1.82) is 0 Å². The van der Waals surface area contributed by atoms with Gasteiger partial charge >= 0.3 is 0 Å². The molecule has 1 aromatic carbocycles. The number of nitrogens with two attached hydrogens (primary N) is 1. The Bertz CT molecular complexity index is 410. The Hall–Kier alpha value is -0.820. The monoisotopic (exact) mass is 231 g/mol. The van der Waals surface area contributed by atoms with Gasteiger partial charge in [0.05, 0.1) is 0 Å². The molecule has 1 aliphatic rings. The molecule has 0 aliphatic heterocycles. The standard InChI is InChI=1S/C16H25N/c1-11-8-9-13(3)16(17,10-11)15-7-5-6-12(2)14(15)4/h5-7,11,13H,8-10,17H2,1-4H3. The zero-order chi connectivity index (χ0) is 12.6. The average Bonchev–Trinajstić information content (AvgIpc) is 2.28. The molecule has 1 heteroatoms. The van der Waals surface area contributed by atoms with Crippen LogP contribution in [0.1, 0.15) is 49.8 Å². The van der Waals surface area contributed by atoms with Gasteiger partial charge in [-0.25, -0.2) is 0 Å². The van der Waals surface area contributed by atoms with Crippen LogP contribution in [0.5, 0.6) is 0 Å². The van der Waals surface area contributed by atoms with Gasteiger partial charge in [0.15, 0.2) is 0 Å². The Labute approximate surface area is 105 Å². The predicted octanol–water partition coefficient (Wildman–Crippen LogP) is 3.91. The Morgan fingerprint density at radius 3 is 2.59 bits per heavy atom. The molecule has 17 heavy (non-hydrogen) atoms. The first kappa shape index (κ1) is 12.6. The lowest BCUT2D eigenvalue weighted by molar-refractivity contribution is 0.161. The van der Waals surface area contributed by atoms with Gasteiger partial charge in [0.1, 0.15) is 0 Å². The lowest BCUT2D eigenvalue weighted by Crippen LogP contribution is -2.47. The smallest absolute Gasteiger partial charge is 0.0440 e. The second-order valence-corrected chi connectivity index (χ2v) is 6.08. The molecule has 0 amide bonds. The molecular formula is C16H25N. The fourth-order valence-corrected chi connectivity index (χ4v) is 3.30. The van der Waals surface area contributed by atoms with Crippen molar-refractivity contribution >= 4 is 0 Å². The zero-order valence-electron chi connectivity index (χ0n) is 11.6. The predicted molar refractivity (Wildman–Crippen MR) is 74.0 cm³/mol. The van der Waals surface area contributed by atoms with E-state index < -0.39 is 0 Å². The third kappa shape index (κ3) is 2.13. The van der Waals surface area contributed by atoms with Gasteiger partial charge in [-0.3, -0.25) is 0 Å². The molecular weight excluding hydrogens is 206 g/mol. The van der Waals surface area contributed by atoms with Crippen molar-refractivity contribution < 1.29 is 0 Å². The number of benzene rings is 1. The highest BCUT2D eigenvalue weighted by Crippen LogP contribution is 2.43. The summed E-state index contributed by atoms with van der Waals surface area (Å²) in [5, 5.41) is 0. The third-order valence-electron chi connectivity index (χ3n) is 4.76. The fraction of sp³-hybridized carbons (Fsp3) is 0.625. The van der Waals surface area contributed by atoms with Gasteiger partial charge in [0.2, 0.25) is 0 Å². The lowest BCUT2D eigenvalue weighted by Gasteiger charge is -2.43. The molecule has 94 valence electrons. The van der Waals surface area contributed by atoms with Crippen LogP contribution in [-0.2, 0) is 5.54 Å². The minimum atomic E-state index is -0.117. The van der Waals surface area contributed by atoms with Crippen molar-refractivity contribution in [2.45, 2.75) is 52.5 Å². The van der Waals surface area contributed by atoms with E-state index in [0.29, 0.717) is 5.92 Å². The van der Waals surface area contributed by atoms with E-state index in [0.717, 1.165) is 12.3 Å². The number of hydrogen-bond donors (Lipinski definition) is 1. The summed E-state index contributed by atoms with van der Waals surface area (Å²) in [5.74, 6) is 1.33. The van der Waals surface area contributed by atoms with Crippen LogP contribution in [0.3, 0.4) is 0 Å². The number of hydrogen-bond acceptors (Lipinski definition) is 1. The van der Waals surface area contributed by atoms with Crippen LogP contribution in [0.15, 0.2) is 18.2 Å². The van der Waals surface area contributed by atoms with Crippen molar-refractivity contribution in [2.24, 2.45) is 17.6 Å². The molecule has 0 radical (unpaired) electrons. The third-order valence-corrected chi connectivity index (χ3v) is 4.76. The summed E-state index contributed by atoms with van der Waals surface area (Å²) >= 11 is 0. The normalized spacial score (nSPS) is 33.7. The molecule has 0 spiro atoms. The maximum atomic E-state index is 6.78. The summed E-state index contributed by atoms with van der Waals surface area (Å²) in [6.45, 7) is 9.04. The van der Waals surface area contributed by atoms with E-state index in [1.807, 2.05) is 0 Å². The lowest BCUT2D eigenvalue weighted by atomic mass is 9.66. The molecule has 0 heterocycles. The van der Waals surface area contributed by atoms with E-state index in [2.05, 4.69) is 45.9 Å². The molecule has 0 saturated heterocycles. The summed E-state index contributed by atoms with van der Waals surface area (Å²) < 4.78 is 0. The number of aryl methyl sites for hydroxylation is 1. The Morgan fingerprint density at radius 2 is 1.88 bits per heavy atom.